The molecule has 11 heteroatoms. The lowest BCUT2D eigenvalue weighted by molar-refractivity contribution is -0.186. The van der Waals surface area contributed by atoms with Crippen LogP contribution in [0.25, 0.3) is 11.2 Å². The molecule has 10 nitrogen and oxygen atoms in total. The average molecular weight is 618 g/mol. The van der Waals surface area contributed by atoms with Crippen LogP contribution in [0.15, 0.2) is 24.7 Å². The van der Waals surface area contributed by atoms with Crippen LogP contribution in [0.1, 0.15) is 67.7 Å². The minimum absolute atomic E-state index is 0.00742. The molecule has 10 atom stereocenters. The third-order valence-corrected chi connectivity index (χ3v) is 11.0. The third-order valence-electron chi connectivity index (χ3n) is 9.74. The summed E-state index contributed by atoms with van der Waals surface area (Å²) in [7, 11) is 1.61. The van der Waals surface area contributed by atoms with Crippen LogP contribution in [0, 0.1) is 29.6 Å². The Bertz CT molecular complexity index is 1320. The van der Waals surface area contributed by atoms with E-state index in [9.17, 15) is 19.5 Å². The molecule has 4 heterocycles. The first-order chi connectivity index (χ1) is 20.3. The van der Waals surface area contributed by atoms with Crippen LogP contribution < -0.4 is 0 Å². The summed E-state index contributed by atoms with van der Waals surface area (Å²) >= 11 is 1.45. The van der Waals surface area contributed by atoms with Gasteiger partial charge in [0.2, 0.25) is 0 Å². The highest BCUT2D eigenvalue weighted by molar-refractivity contribution is 8.00. The van der Waals surface area contributed by atoms with Crippen molar-refractivity contribution in [2.75, 3.05) is 12.9 Å². The molecule has 2 fully saturated rings. The summed E-state index contributed by atoms with van der Waals surface area (Å²) in [6.07, 6.45) is 2.98. The van der Waals surface area contributed by atoms with Gasteiger partial charge in [0, 0.05) is 43.4 Å². The molecule has 0 bridgehead atoms. The molecule has 2 aromatic heterocycles. The quantitative estimate of drug-likeness (QED) is 0.464. The van der Waals surface area contributed by atoms with E-state index in [1.165, 1.54) is 11.8 Å². The zero-order valence-corrected chi connectivity index (χ0v) is 27.4. The number of cyclic esters (lactones) is 1. The Morgan fingerprint density at radius 1 is 1.09 bits per heavy atom. The fourth-order valence-electron chi connectivity index (χ4n) is 7.25. The van der Waals surface area contributed by atoms with Gasteiger partial charge in [-0.25, -0.2) is 9.97 Å². The fraction of sp³-hybridized carbons (Fsp3) is 0.719. The number of aliphatic hydroxyl groups excluding tert-OH is 1. The third kappa shape index (κ3) is 6.63. The van der Waals surface area contributed by atoms with Crippen molar-refractivity contribution in [3.8, 4) is 0 Å². The SMILES string of the molecule is CCC1OC(=O)C(C)C(O)C(C)CC(C)(OC)CC(C)C(=O)C(C)C2C(SCCn3cnc4cccnc43)C(=O)OC12C. The van der Waals surface area contributed by atoms with Gasteiger partial charge < -0.3 is 23.9 Å². The molecular weight excluding hydrogens is 570 g/mol. The van der Waals surface area contributed by atoms with Crippen LogP contribution >= 0.6 is 11.8 Å². The molecule has 238 valence electrons. The van der Waals surface area contributed by atoms with Crippen molar-refractivity contribution in [1.29, 1.82) is 0 Å². The van der Waals surface area contributed by atoms with E-state index in [-0.39, 0.29) is 17.6 Å². The number of ether oxygens (including phenoxy) is 3. The maximum Gasteiger partial charge on any atom is 0.320 e. The van der Waals surface area contributed by atoms with Crippen molar-refractivity contribution in [2.24, 2.45) is 29.6 Å². The smallest absolute Gasteiger partial charge is 0.320 e. The lowest BCUT2D eigenvalue weighted by atomic mass is 9.70. The molecule has 2 saturated heterocycles. The van der Waals surface area contributed by atoms with Crippen LogP contribution in [-0.2, 0) is 35.1 Å². The van der Waals surface area contributed by atoms with Gasteiger partial charge in [0.1, 0.15) is 22.7 Å². The Kier molecular flexibility index (Phi) is 10.3. The first-order valence-electron chi connectivity index (χ1n) is 15.3. The normalized spacial score (nSPS) is 37.9. The van der Waals surface area contributed by atoms with E-state index in [1.807, 2.05) is 51.3 Å². The maximum absolute atomic E-state index is 14.1. The predicted molar refractivity (Wildman–Crippen MR) is 164 cm³/mol. The van der Waals surface area contributed by atoms with Gasteiger partial charge in [-0.3, -0.25) is 14.4 Å². The van der Waals surface area contributed by atoms with Gasteiger partial charge in [-0.15, -0.1) is 11.8 Å². The molecule has 2 aromatic rings. The van der Waals surface area contributed by atoms with E-state index in [2.05, 4.69) is 9.97 Å². The van der Waals surface area contributed by atoms with Crippen LogP contribution in [0.5, 0.6) is 0 Å². The number of fused-ring (bicyclic) bond motifs is 2. The topological polar surface area (TPSA) is 130 Å². The van der Waals surface area contributed by atoms with E-state index in [0.717, 1.165) is 11.2 Å². The standard InChI is InChI=1S/C32H47N3O7S/c1-9-23-32(7)24(27(30(39)42-32)43-14-13-35-17-34-22-11-10-12-33-28(22)35)20(4)25(36)18(2)15-31(6,40-8)16-19(3)26(37)21(5)29(38)41-23/h10-12,17-21,23-24,26-27,37H,9,13-16H2,1-8H3. The Balaban J connectivity index is 1.67. The number of carbonyl (C=O) groups excluding carboxylic acids is 3. The number of Topliss-reactive ketones (excluding diaryl/α,β-unsaturated/α-hetero) is 1. The van der Waals surface area contributed by atoms with Crippen LogP contribution in [-0.4, -0.2) is 78.9 Å². The number of hydrogen-bond donors (Lipinski definition) is 1. The second-order valence-corrected chi connectivity index (χ2v) is 14.2. The lowest BCUT2D eigenvalue weighted by Gasteiger charge is -2.42. The Hall–Kier alpha value is -2.50. The molecule has 0 amide bonds. The lowest BCUT2D eigenvalue weighted by Crippen LogP contribution is -2.53. The van der Waals surface area contributed by atoms with Gasteiger partial charge in [-0.05, 0) is 58.1 Å². The summed E-state index contributed by atoms with van der Waals surface area (Å²) in [5.41, 5.74) is -0.371. The number of rotatable bonds is 6. The number of hydrogen-bond acceptors (Lipinski definition) is 10. The van der Waals surface area contributed by atoms with Gasteiger partial charge in [0.15, 0.2) is 11.2 Å². The van der Waals surface area contributed by atoms with E-state index in [1.54, 1.807) is 33.5 Å². The maximum atomic E-state index is 14.1. The van der Waals surface area contributed by atoms with Crippen molar-refractivity contribution >= 4 is 40.6 Å². The Morgan fingerprint density at radius 2 is 1.81 bits per heavy atom. The fourth-order valence-corrected chi connectivity index (χ4v) is 8.70. The van der Waals surface area contributed by atoms with Crippen molar-refractivity contribution < 1.29 is 33.7 Å². The zero-order chi connectivity index (χ0) is 31.7. The highest BCUT2D eigenvalue weighted by Crippen LogP contribution is 2.48. The van der Waals surface area contributed by atoms with E-state index >= 15 is 0 Å². The first kappa shape index (κ1) is 33.4. The molecule has 1 N–H and O–H groups in total. The van der Waals surface area contributed by atoms with Crippen LogP contribution in [0.2, 0.25) is 0 Å². The number of carbonyl (C=O) groups is 3. The van der Waals surface area contributed by atoms with Gasteiger partial charge in [0.05, 0.1) is 24.0 Å². The Morgan fingerprint density at radius 3 is 2.49 bits per heavy atom. The molecule has 0 radical (unpaired) electrons. The minimum Gasteiger partial charge on any atom is -0.458 e. The van der Waals surface area contributed by atoms with Crippen molar-refractivity contribution in [1.82, 2.24) is 14.5 Å². The van der Waals surface area contributed by atoms with Crippen molar-refractivity contribution in [2.45, 2.75) is 103 Å². The van der Waals surface area contributed by atoms with Crippen molar-refractivity contribution in [3.63, 3.8) is 0 Å². The molecule has 43 heavy (non-hydrogen) atoms. The molecule has 0 aromatic carbocycles. The number of thioether (sulfide) groups is 1. The number of aliphatic hydroxyl groups is 1. The summed E-state index contributed by atoms with van der Waals surface area (Å²) in [5, 5.41) is 10.5. The number of esters is 2. The van der Waals surface area contributed by atoms with Crippen molar-refractivity contribution in [3.05, 3.63) is 24.7 Å². The number of aromatic nitrogens is 3. The van der Waals surface area contributed by atoms with Gasteiger partial charge >= 0.3 is 11.9 Å². The number of methoxy groups -OCH3 is 1. The van der Waals surface area contributed by atoms with E-state index in [4.69, 9.17) is 14.2 Å². The minimum atomic E-state index is -1.23. The second kappa shape index (κ2) is 13.2. The molecule has 10 unspecified atom stereocenters. The largest absolute Gasteiger partial charge is 0.458 e. The molecule has 0 saturated carbocycles. The number of nitrogens with zero attached hydrogens (tertiary/aromatic N) is 3. The molecule has 2 aliphatic heterocycles. The highest BCUT2D eigenvalue weighted by atomic mass is 32.2. The summed E-state index contributed by atoms with van der Waals surface area (Å²) < 4.78 is 20.0. The van der Waals surface area contributed by atoms with Crippen LogP contribution in [0.3, 0.4) is 0 Å². The molecule has 2 aliphatic rings. The average Bonchev–Trinajstić information content (AvgIpc) is 3.51. The number of imidazole rings is 1. The highest BCUT2D eigenvalue weighted by Gasteiger charge is 2.61. The van der Waals surface area contributed by atoms with E-state index < -0.39 is 58.4 Å². The molecule has 0 aliphatic carbocycles. The van der Waals surface area contributed by atoms with Gasteiger partial charge in [-0.1, -0.05) is 27.7 Å². The zero-order valence-electron chi connectivity index (χ0n) is 26.6. The summed E-state index contributed by atoms with van der Waals surface area (Å²) in [5.74, 6) is -2.97. The molecule has 0 spiro atoms. The number of pyridine rings is 1. The van der Waals surface area contributed by atoms with Gasteiger partial charge in [0.25, 0.3) is 0 Å². The number of ketones is 1. The summed E-state index contributed by atoms with van der Waals surface area (Å²) in [6.45, 7) is 13.5. The molecule has 4 rings (SSSR count). The summed E-state index contributed by atoms with van der Waals surface area (Å²) in [6, 6.07) is 3.74. The summed E-state index contributed by atoms with van der Waals surface area (Å²) in [4.78, 5) is 49.9. The van der Waals surface area contributed by atoms with Crippen LogP contribution in [0.4, 0.5) is 0 Å². The second-order valence-electron chi connectivity index (χ2n) is 13.0. The Labute approximate surface area is 258 Å². The first-order valence-corrected chi connectivity index (χ1v) is 16.4. The molecular formula is C32H47N3O7S. The predicted octanol–water partition coefficient (Wildman–Crippen LogP) is 4.46. The van der Waals surface area contributed by atoms with E-state index in [0.29, 0.717) is 31.6 Å². The monoisotopic (exact) mass is 617 g/mol. The van der Waals surface area contributed by atoms with Gasteiger partial charge in [-0.2, -0.15) is 0 Å². The number of aryl methyl sites for hydroxylation is 1.